The van der Waals surface area contributed by atoms with Crippen molar-refractivity contribution in [2.24, 2.45) is 0 Å². The Morgan fingerprint density at radius 1 is 1.44 bits per heavy atom. The summed E-state index contributed by atoms with van der Waals surface area (Å²) in [7, 11) is 0. The zero-order valence-electron chi connectivity index (χ0n) is 10.9. The van der Waals surface area contributed by atoms with E-state index in [4.69, 9.17) is 9.84 Å². The molecule has 1 heterocycles. The molecular weight excluding hydrogens is 234 g/mol. The number of ether oxygens (including phenoxy) is 1. The Morgan fingerprint density at radius 3 is 2.67 bits per heavy atom. The standard InChI is InChI=1S/C12H19N3O3/c1-4-12(2,3)18-6-5-13-10-8-14-9(7-15-10)11(16)17/h7-8H,4-6H2,1-3H3,(H,13,15)(H,16,17). The van der Waals surface area contributed by atoms with E-state index in [1.807, 2.05) is 13.8 Å². The molecule has 0 aliphatic rings. The molecule has 2 N–H and O–H groups in total. The van der Waals surface area contributed by atoms with Crippen molar-refractivity contribution in [3.05, 3.63) is 18.1 Å². The van der Waals surface area contributed by atoms with Gasteiger partial charge in [-0.15, -0.1) is 0 Å². The number of nitrogens with one attached hydrogen (secondary N) is 1. The van der Waals surface area contributed by atoms with E-state index in [0.29, 0.717) is 19.0 Å². The lowest BCUT2D eigenvalue weighted by atomic mass is 10.1. The van der Waals surface area contributed by atoms with Gasteiger partial charge in [-0.3, -0.25) is 0 Å². The SMILES string of the molecule is CCC(C)(C)OCCNc1cnc(C(=O)O)cn1. The van der Waals surface area contributed by atoms with Gasteiger partial charge in [0, 0.05) is 6.54 Å². The van der Waals surface area contributed by atoms with Crippen molar-refractivity contribution in [3.63, 3.8) is 0 Å². The summed E-state index contributed by atoms with van der Waals surface area (Å²) in [4.78, 5) is 18.3. The monoisotopic (exact) mass is 253 g/mol. The van der Waals surface area contributed by atoms with Crippen LogP contribution in [-0.4, -0.2) is 39.8 Å². The van der Waals surface area contributed by atoms with Crippen LogP contribution < -0.4 is 5.32 Å². The normalized spacial score (nSPS) is 11.3. The van der Waals surface area contributed by atoms with Crippen LogP contribution in [0.1, 0.15) is 37.7 Å². The van der Waals surface area contributed by atoms with Crippen molar-refractivity contribution in [3.8, 4) is 0 Å². The summed E-state index contributed by atoms with van der Waals surface area (Å²) in [5.41, 5.74) is -0.190. The van der Waals surface area contributed by atoms with Gasteiger partial charge in [0.05, 0.1) is 24.6 Å². The van der Waals surface area contributed by atoms with Gasteiger partial charge in [0.25, 0.3) is 0 Å². The first-order valence-electron chi connectivity index (χ1n) is 5.88. The predicted molar refractivity (Wildman–Crippen MR) is 67.8 cm³/mol. The lowest BCUT2D eigenvalue weighted by Crippen LogP contribution is -2.26. The molecule has 6 nitrogen and oxygen atoms in total. The highest BCUT2D eigenvalue weighted by Gasteiger charge is 2.14. The number of aromatic carboxylic acids is 1. The topological polar surface area (TPSA) is 84.3 Å². The van der Waals surface area contributed by atoms with Crippen LogP contribution in [0.15, 0.2) is 12.4 Å². The molecule has 0 unspecified atom stereocenters. The van der Waals surface area contributed by atoms with Gasteiger partial charge in [0.2, 0.25) is 0 Å². The highest BCUT2D eigenvalue weighted by atomic mass is 16.5. The average molecular weight is 253 g/mol. The summed E-state index contributed by atoms with van der Waals surface area (Å²) < 4.78 is 5.66. The third kappa shape index (κ3) is 4.67. The van der Waals surface area contributed by atoms with Crippen LogP contribution in [-0.2, 0) is 4.74 Å². The van der Waals surface area contributed by atoms with Crippen LogP contribution in [0.4, 0.5) is 5.82 Å². The largest absolute Gasteiger partial charge is 0.476 e. The van der Waals surface area contributed by atoms with E-state index in [1.165, 1.54) is 12.4 Å². The predicted octanol–water partition coefficient (Wildman–Crippen LogP) is 1.79. The number of carbonyl (C=O) groups is 1. The zero-order valence-corrected chi connectivity index (χ0v) is 10.9. The minimum Gasteiger partial charge on any atom is -0.476 e. The van der Waals surface area contributed by atoms with Crippen LogP contribution in [0.3, 0.4) is 0 Å². The second-order valence-electron chi connectivity index (χ2n) is 4.48. The minimum atomic E-state index is -1.08. The first kappa shape index (κ1) is 14.4. The maximum Gasteiger partial charge on any atom is 0.356 e. The Morgan fingerprint density at radius 2 is 2.17 bits per heavy atom. The second-order valence-corrected chi connectivity index (χ2v) is 4.48. The van der Waals surface area contributed by atoms with Gasteiger partial charge >= 0.3 is 5.97 Å². The lowest BCUT2D eigenvalue weighted by Gasteiger charge is -2.23. The van der Waals surface area contributed by atoms with Crippen LogP contribution in [0.2, 0.25) is 0 Å². The van der Waals surface area contributed by atoms with E-state index in [2.05, 4.69) is 22.2 Å². The number of nitrogens with zero attached hydrogens (tertiary/aromatic N) is 2. The van der Waals surface area contributed by atoms with Crippen LogP contribution in [0.25, 0.3) is 0 Å². The van der Waals surface area contributed by atoms with Gasteiger partial charge < -0.3 is 15.2 Å². The van der Waals surface area contributed by atoms with E-state index in [0.717, 1.165) is 6.42 Å². The smallest absolute Gasteiger partial charge is 0.356 e. The summed E-state index contributed by atoms with van der Waals surface area (Å²) >= 11 is 0. The molecule has 0 saturated carbocycles. The molecule has 0 aliphatic carbocycles. The van der Waals surface area contributed by atoms with Gasteiger partial charge in [-0.25, -0.2) is 14.8 Å². The highest BCUT2D eigenvalue weighted by Crippen LogP contribution is 2.12. The van der Waals surface area contributed by atoms with E-state index >= 15 is 0 Å². The van der Waals surface area contributed by atoms with Gasteiger partial charge in [-0.05, 0) is 20.3 Å². The quantitative estimate of drug-likeness (QED) is 0.721. The molecule has 18 heavy (non-hydrogen) atoms. The Hall–Kier alpha value is -1.69. The maximum absolute atomic E-state index is 10.6. The molecule has 0 saturated heterocycles. The molecule has 0 atom stereocenters. The van der Waals surface area contributed by atoms with Crippen molar-refractivity contribution in [2.45, 2.75) is 32.8 Å². The molecule has 100 valence electrons. The molecule has 0 amide bonds. The number of hydrogen-bond donors (Lipinski definition) is 2. The fourth-order valence-corrected chi connectivity index (χ4v) is 1.14. The maximum atomic E-state index is 10.6. The molecule has 0 aliphatic heterocycles. The average Bonchev–Trinajstić information content (AvgIpc) is 2.35. The van der Waals surface area contributed by atoms with E-state index in [9.17, 15) is 4.79 Å². The summed E-state index contributed by atoms with van der Waals surface area (Å²) in [6.45, 7) is 7.31. The van der Waals surface area contributed by atoms with Crippen molar-refractivity contribution in [2.75, 3.05) is 18.5 Å². The molecule has 0 fully saturated rings. The molecule has 6 heteroatoms. The first-order chi connectivity index (χ1) is 8.44. The van der Waals surface area contributed by atoms with Crippen LogP contribution >= 0.6 is 0 Å². The Labute approximate surface area is 106 Å². The van der Waals surface area contributed by atoms with Crippen LogP contribution in [0, 0.1) is 0 Å². The first-order valence-corrected chi connectivity index (χ1v) is 5.88. The van der Waals surface area contributed by atoms with E-state index in [-0.39, 0.29) is 11.3 Å². The van der Waals surface area contributed by atoms with E-state index in [1.54, 1.807) is 0 Å². The third-order valence-electron chi connectivity index (χ3n) is 2.62. The molecule has 0 aromatic carbocycles. The molecule has 0 spiro atoms. The molecular formula is C12H19N3O3. The number of carboxylic acids is 1. The fourth-order valence-electron chi connectivity index (χ4n) is 1.14. The number of rotatable bonds is 7. The number of aromatic nitrogens is 2. The van der Waals surface area contributed by atoms with E-state index < -0.39 is 5.97 Å². The van der Waals surface area contributed by atoms with Gasteiger partial charge in [0.15, 0.2) is 5.69 Å². The number of anilines is 1. The van der Waals surface area contributed by atoms with Gasteiger partial charge in [0.1, 0.15) is 5.82 Å². The Kier molecular flexibility index (Phi) is 5.03. The molecule has 1 aromatic rings. The van der Waals surface area contributed by atoms with Crippen molar-refractivity contribution >= 4 is 11.8 Å². The lowest BCUT2D eigenvalue weighted by molar-refractivity contribution is -0.0143. The fraction of sp³-hybridized carbons (Fsp3) is 0.583. The van der Waals surface area contributed by atoms with Gasteiger partial charge in [-0.1, -0.05) is 6.92 Å². The summed E-state index contributed by atoms with van der Waals surface area (Å²) in [5, 5.41) is 11.7. The molecule has 1 aromatic heterocycles. The Balaban J connectivity index is 2.34. The third-order valence-corrected chi connectivity index (χ3v) is 2.62. The van der Waals surface area contributed by atoms with Crippen molar-refractivity contribution in [1.29, 1.82) is 0 Å². The summed E-state index contributed by atoms with van der Waals surface area (Å²) in [6.07, 6.45) is 3.57. The zero-order chi connectivity index (χ0) is 13.6. The van der Waals surface area contributed by atoms with Crippen molar-refractivity contribution in [1.82, 2.24) is 9.97 Å². The van der Waals surface area contributed by atoms with Crippen LogP contribution in [0.5, 0.6) is 0 Å². The second kappa shape index (κ2) is 6.30. The molecule has 1 rings (SSSR count). The molecule has 0 bridgehead atoms. The molecule has 0 radical (unpaired) electrons. The minimum absolute atomic E-state index is 0.0658. The van der Waals surface area contributed by atoms with Gasteiger partial charge in [-0.2, -0.15) is 0 Å². The number of hydrogen-bond acceptors (Lipinski definition) is 5. The highest BCUT2D eigenvalue weighted by molar-refractivity contribution is 5.84. The summed E-state index contributed by atoms with van der Waals surface area (Å²) in [6, 6.07) is 0. The van der Waals surface area contributed by atoms with Crippen molar-refractivity contribution < 1.29 is 14.6 Å². The Bertz CT molecular complexity index is 390. The summed E-state index contributed by atoms with van der Waals surface area (Å²) in [5.74, 6) is -0.542. The number of carboxylic acid groups (broad SMARTS) is 1.